The molecule has 0 radical (unpaired) electrons. The molecule has 0 saturated carbocycles. The zero-order valence-corrected chi connectivity index (χ0v) is 18.9. The Morgan fingerprint density at radius 2 is 1.69 bits per heavy atom. The van der Waals surface area contributed by atoms with Crippen LogP contribution in [0.2, 0.25) is 5.02 Å². The van der Waals surface area contributed by atoms with Crippen molar-refractivity contribution in [3.05, 3.63) is 58.6 Å². The zero-order chi connectivity index (χ0) is 22.3. The third-order valence-electron chi connectivity index (χ3n) is 5.92. The lowest BCUT2D eigenvalue weighted by molar-refractivity contribution is -0.122. The first-order valence-electron chi connectivity index (χ1n) is 11.3. The minimum Gasteiger partial charge on any atom is -0.490 e. The summed E-state index contributed by atoms with van der Waals surface area (Å²) < 4.78 is 11.3. The molecule has 1 fully saturated rings. The number of nitrogens with zero attached hydrogens (tertiary/aromatic N) is 1. The standard InChI is InChI=1S/C25H29ClN2O4/c26-20-5-2-18(3-6-20)17-28-12-10-21(11-13-28)27-25(30)9-7-22(29)19-4-8-23-24(16-19)32-15-1-14-31-23/h2-6,8,16,21H,1,7,9-15,17H2,(H,27,30). The van der Waals surface area contributed by atoms with Gasteiger partial charge < -0.3 is 14.8 Å². The van der Waals surface area contributed by atoms with Gasteiger partial charge in [-0.3, -0.25) is 14.5 Å². The van der Waals surface area contributed by atoms with Gasteiger partial charge in [0.05, 0.1) is 13.2 Å². The first-order valence-corrected chi connectivity index (χ1v) is 11.6. The van der Waals surface area contributed by atoms with Gasteiger partial charge in [0.25, 0.3) is 0 Å². The summed E-state index contributed by atoms with van der Waals surface area (Å²) in [7, 11) is 0. The zero-order valence-electron chi connectivity index (χ0n) is 18.1. The molecule has 2 aliphatic rings. The van der Waals surface area contributed by atoms with Gasteiger partial charge in [0, 0.05) is 55.5 Å². The molecular weight excluding hydrogens is 428 g/mol. The number of halogens is 1. The molecule has 0 aromatic heterocycles. The first-order chi connectivity index (χ1) is 15.6. The van der Waals surface area contributed by atoms with Gasteiger partial charge in [-0.1, -0.05) is 23.7 Å². The number of nitrogens with one attached hydrogen (secondary N) is 1. The minimum atomic E-state index is -0.0659. The van der Waals surface area contributed by atoms with E-state index in [1.54, 1.807) is 18.2 Å². The van der Waals surface area contributed by atoms with E-state index in [-0.39, 0.29) is 30.6 Å². The van der Waals surface area contributed by atoms with Crippen LogP contribution in [0.25, 0.3) is 0 Å². The molecule has 2 heterocycles. The lowest BCUT2D eigenvalue weighted by atomic mass is 10.0. The predicted molar refractivity (Wildman–Crippen MR) is 124 cm³/mol. The van der Waals surface area contributed by atoms with Gasteiger partial charge in [0.1, 0.15) is 0 Å². The Balaban J connectivity index is 1.19. The fraction of sp³-hybridized carbons (Fsp3) is 0.440. The topological polar surface area (TPSA) is 67.9 Å². The summed E-state index contributed by atoms with van der Waals surface area (Å²) in [5, 5.41) is 3.84. The summed E-state index contributed by atoms with van der Waals surface area (Å²) in [6, 6.07) is 13.3. The van der Waals surface area contributed by atoms with Crippen LogP contribution in [0.4, 0.5) is 0 Å². The predicted octanol–water partition coefficient (Wildman–Crippen LogP) is 4.25. The third kappa shape index (κ3) is 6.24. The van der Waals surface area contributed by atoms with Gasteiger partial charge in [0.2, 0.25) is 5.91 Å². The van der Waals surface area contributed by atoms with E-state index in [2.05, 4.69) is 22.3 Å². The molecule has 0 atom stereocenters. The maximum Gasteiger partial charge on any atom is 0.220 e. The molecule has 0 spiro atoms. The molecular formula is C25H29ClN2O4. The van der Waals surface area contributed by atoms with Crippen molar-refractivity contribution in [2.75, 3.05) is 26.3 Å². The molecule has 32 heavy (non-hydrogen) atoms. The molecule has 7 heteroatoms. The van der Waals surface area contributed by atoms with Crippen molar-refractivity contribution < 1.29 is 19.1 Å². The number of Topliss-reactive ketones (excluding diaryl/α,β-unsaturated/α-hetero) is 1. The van der Waals surface area contributed by atoms with E-state index >= 15 is 0 Å². The molecule has 2 aromatic carbocycles. The Morgan fingerprint density at radius 1 is 0.969 bits per heavy atom. The number of hydrogen-bond donors (Lipinski definition) is 1. The van der Waals surface area contributed by atoms with Crippen molar-refractivity contribution in [3.8, 4) is 11.5 Å². The van der Waals surface area contributed by atoms with E-state index in [1.807, 2.05) is 12.1 Å². The van der Waals surface area contributed by atoms with E-state index < -0.39 is 0 Å². The van der Waals surface area contributed by atoms with Crippen LogP contribution >= 0.6 is 11.6 Å². The molecule has 4 rings (SSSR count). The Labute approximate surface area is 193 Å². The van der Waals surface area contributed by atoms with E-state index in [1.165, 1.54) is 5.56 Å². The van der Waals surface area contributed by atoms with E-state index in [4.69, 9.17) is 21.1 Å². The second kappa shape index (κ2) is 10.8. The molecule has 2 aromatic rings. The molecule has 1 saturated heterocycles. The largest absolute Gasteiger partial charge is 0.490 e. The molecule has 0 bridgehead atoms. The number of benzene rings is 2. The summed E-state index contributed by atoms with van der Waals surface area (Å²) in [6.45, 7) is 3.95. The van der Waals surface area contributed by atoms with Crippen molar-refractivity contribution >= 4 is 23.3 Å². The molecule has 170 valence electrons. The lowest BCUT2D eigenvalue weighted by Gasteiger charge is -2.32. The average molecular weight is 457 g/mol. The highest BCUT2D eigenvalue weighted by Crippen LogP contribution is 2.30. The minimum absolute atomic E-state index is 0.0615. The van der Waals surface area contributed by atoms with Crippen LogP contribution in [0.3, 0.4) is 0 Å². The number of hydrogen-bond acceptors (Lipinski definition) is 5. The number of fused-ring (bicyclic) bond motifs is 1. The van der Waals surface area contributed by atoms with Crippen molar-refractivity contribution in [2.45, 2.75) is 44.7 Å². The molecule has 0 aliphatic carbocycles. The van der Waals surface area contributed by atoms with Crippen LogP contribution in [-0.2, 0) is 11.3 Å². The number of ketones is 1. The summed E-state index contributed by atoms with van der Waals surface area (Å²) in [5.41, 5.74) is 1.79. The number of likely N-dealkylation sites (tertiary alicyclic amines) is 1. The number of amides is 1. The SMILES string of the molecule is O=C(CCC(=O)c1ccc2c(c1)OCCCO2)NC1CCN(Cc2ccc(Cl)cc2)CC1. The van der Waals surface area contributed by atoms with Crippen molar-refractivity contribution in [1.82, 2.24) is 10.2 Å². The molecule has 1 amide bonds. The monoisotopic (exact) mass is 456 g/mol. The van der Waals surface area contributed by atoms with Gasteiger partial charge in [-0.25, -0.2) is 0 Å². The molecule has 6 nitrogen and oxygen atoms in total. The summed E-state index contributed by atoms with van der Waals surface area (Å²) in [5.74, 6) is 1.14. The summed E-state index contributed by atoms with van der Waals surface area (Å²) in [6.07, 6.45) is 3.02. The maximum atomic E-state index is 12.6. The maximum absolute atomic E-state index is 12.6. The molecule has 1 N–H and O–H groups in total. The smallest absolute Gasteiger partial charge is 0.220 e. The number of ether oxygens (including phenoxy) is 2. The molecule has 2 aliphatic heterocycles. The van der Waals surface area contributed by atoms with Crippen LogP contribution < -0.4 is 14.8 Å². The lowest BCUT2D eigenvalue weighted by Crippen LogP contribution is -2.44. The van der Waals surface area contributed by atoms with E-state index in [0.29, 0.717) is 30.3 Å². The van der Waals surface area contributed by atoms with E-state index in [9.17, 15) is 9.59 Å². The Kier molecular flexibility index (Phi) is 7.66. The normalized spacial score (nSPS) is 16.9. The quantitative estimate of drug-likeness (QED) is 0.631. The Bertz CT molecular complexity index is 939. The van der Waals surface area contributed by atoms with Crippen LogP contribution in [0.5, 0.6) is 11.5 Å². The highest BCUT2D eigenvalue weighted by Gasteiger charge is 2.21. The summed E-state index contributed by atoms with van der Waals surface area (Å²) in [4.78, 5) is 27.3. The van der Waals surface area contributed by atoms with Gasteiger partial charge in [-0.2, -0.15) is 0 Å². The Morgan fingerprint density at radius 3 is 2.44 bits per heavy atom. The second-order valence-corrected chi connectivity index (χ2v) is 8.82. The average Bonchev–Trinajstić information content (AvgIpc) is 3.05. The van der Waals surface area contributed by atoms with Gasteiger partial charge in [0.15, 0.2) is 17.3 Å². The molecule has 0 unspecified atom stereocenters. The number of piperidine rings is 1. The van der Waals surface area contributed by atoms with Gasteiger partial charge >= 0.3 is 0 Å². The van der Waals surface area contributed by atoms with Crippen LogP contribution in [0, 0.1) is 0 Å². The van der Waals surface area contributed by atoms with Gasteiger partial charge in [-0.15, -0.1) is 0 Å². The van der Waals surface area contributed by atoms with Crippen molar-refractivity contribution in [3.63, 3.8) is 0 Å². The fourth-order valence-corrected chi connectivity index (χ4v) is 4.22. The van der Waals surface area contributed by atoms with Crippen LogP contribution in [0.1, 0.15) is 48.0 Å². The number of rotatable bonds is 7. The first kappa shape index (κ1) is 22.6. The van der Waals surface area contributed by atoms with Crippen LogP contribution in [-0.4, -0.2) is 48.9 Å². The Hall–Kier alpha value is -2.57. The van der Waals surface area contributed by atoms with E-state index in [0.717, 1.165) is 43.9 Å². The van der Waals surface area contributed by atoms with Crippen LogP contribution in [0.15, 0.2) is 42.5 Å². The van der Waals surface area contributed by atoms with Gasteiger partial charge in [-0.05, 0) is 48.7 Å². The van der Waals surface area contributed by atoms with Crippen molar-refractivity contribution in [1.29, 1.82) is 0 Å². The summed E-state index contributed by atoms with van der Waals surface area (Å²) >= 11 is 5.95. The number of carbonyl (C=O) groups is 2. The third-order valence-corrected chi connectivity index (χ3v) is 6.17. The number of carbonyl (C=O) groups excluding carboxylic acids is 2. The second-order valence-electron chi connectivity index (χ2n) is 8.38. The highest BCUT2D eigenvalue weighted by molar-refractivity contribution is 6.30. The van der Waals surface area contributed by atoms with Crippen molar-refractivity contribution in [2.24, 2.45) is 0 Å². The highest BCUT2D eigenvalue weighted by atomic mass is 35.5. The fourth-order valence-electron chi connectivity index (χ4n) is 4.09.